The Morgan fingerprint density at radius 3 is 3.10 bits per heavy atom. The van der Waals surface area contributed by atoms with Crippen molar-refractivity contribution >= 4 is 5.52 Å². The van der Waals surface area contributed by atoms with E-state index in [1.54, 1.807) is 0 Å². The predicted octanol–water partition coefficient (Wildman–Crippen LogP) is 1.64. The Hall–Kier alpha value is -1.31. The van der Waals surface area contributed by atoms with Crippen molar-refractivity contribution in [2.75, 3.05) is 0 Å². The van der Waals surface area contributed by atoms with E-state index in [1.807, 2.05) is 36.0 Å². The molecule has 2 heteroatoms. The molecule has 0 spiro atoms. The number of hydrogen-bond acceptors (Lipinski definition) is 1. The Morgan fingerprint density at radius 2 is 2.30 bits per heavy atom. The average Bonchev–Trinajstić information content (AvgIpc) is 2.34. The van der Waals surface area contributed by atoms with Crippen LogP contribution in [0, 0.1) is 6.92 Å². The second kappa shape index (κ2) is 1.84. The summed E-state index contributed by atoms with van der Waals surface area (Å²) in [6, 6.07) is 6.07. The first-order valence-electron chi connectivity index (χ1n) is 3.26. The second-order valence-corrected chi connectivity index (χ2v) is 2.32. The molecule has 0 aromatic carbocycles. The van der Waals surface area contributed by atoms with E-state index in [4.69, 9.17) is 0 Å². The van der Waals surface area contributed by atoms with Gasteiger partial charge in [0.2, 0.25) is 0 Å². The van der Waals surface area contributed by atoms with Crippen LogP contribution < -0.4 is 0 Å². The van der Waals surface area contributed by atoms with Crippen LogP contribution in [0.15, 0.2) is 30.7 Å². The molecule has 0 atom stereocenters. The molecule has 2 aromatic rings. The van der Waals surface area contributed by atoms with Crippen LogP contribution in [0.2, 0.25) is 0 Å². The fraction of sp³-hybridized carbons (Fsp3) is 0.125. The van der Waals surface area contributed by atoms with E-state index in [9.17, 15) is 0 Å². The van der Waals surface area contributed by atoms with Crippen molar-refractivity contribution in [3.8, 4) is 0 Å². The van der Waals surface area contributed by atoms with Crippen molar-refractivity contribution in [1.82, 2.24) is 9.38 Å². The van der Waals surface area contributed by atoms with Crippen molar-refractivity contribution in [2.24, 2.45) is 0 Å². The van der Waals surface area contributed by atoms with Crippen molar-refractivity contribution in [2.45, 2.75) is 6.92 Å². The zero-order valence-corrected chi connectivity index (χ0v) is 5.78. The normalized spacial score (nSPS) is 10.5. The highest BCUT2D eigenvalue weighted by Crippen LogP contribution is 2.05. The molecule has 2 heterocycles. The first-order valence-corrected chi connectivity index (χ1v) is 3.26. The molecule has 2 aromatic heterocycles. The van der Waals surface area contributed by atoms with E-state index in [-0.39, 0.29) is 0 Å². The molecule has 0 saturated carbocycles. The summed E-state index contributed by atoms with van der Waals surface area (Å²) in [5.41, 5.74) is 2.27. The number of hydrogen-bond donors (Lipinski definition) is 0. The summed E-state index contributed by atoms with van der Waals surface area (Å²) < 4.78 is 2.01. The predicted molar refractivity (Wildman–Crippen MR) is 39.9 cm³/mol. The summed E-state index contributed by atoms with van der Waals surface area (Å²) >= 11 is 0. The van der Waals surface area contributed by atoms with Gasteiger partial charge in [0.15, 0.2) is 0 Å². The van der Waals surface area contributed by atoms with Gasteiger partial charge in [-0.3, -0.25) is 0 Å². The molecular weight excluding hydrogens is 124 g/mol. The van der Waals surface area contributed by atoms with Crippen LogP contribution in [0.1, 0.15) is 5.69 Å². The maximum Gasteiger partial charge on any atom is 0.0995 e. The molecule has 0 aliphatic rings. The van der Waals surface area contributed by atoms with Crippen LogP contribution >= 0.6 is 0 Å². The Labute approximate surface area is 59.1 Å². The zero-order chi connectivity index (χ0) is 6.97. The highest BCUT2D eigenvalue weighted by atomic mass is 15.0. The van der Waals surface area contributed by atoms with Gasteiger partial charge in [-0.2, -0.15) is 0 Å². The van der Waals surface area contributed by atoms with Crippen LogP contribution in [-0.2, 0) is 0 Å². The van der Waals surface area contributed by atoms with Crippen LogP contribution in [0.3, 0.4) is 0 Å². The van der Waals surface area contributed by atoms with Crippen LogP contribution in [0.5, 0.6) is 0 Å². The molecule has 0 N–H and O–H groups in total. The molecule has 0 aliphatic heterocycles. The molecule has 0 saturated heterocycles. The van der Waals surface area contributed by atoms with Crippen LogP contribution in [0.4, 0.5) is 0 Å². The Kier molecular flexibility index (Phi) is 1.01. The van der Waals surface area contributed by atoms with Gasteiger partial charge >= 0.3 is 0 Å². The number of aryl methyl sites for hydroxylation is 1. The smallest absolute Gasteiger partial charge is 0.0995 e. The first kappa shape index (κ1) is 5.47. The third-order valence-electron chi connectivity index (χ3n) is 1.64. The fourth-order valence-corrected chi connectivity index (χ4v) is 1.08. The molecule has 0 unspecified atom stereocenters. The van der Waals surface area contributed by atoms with E-state index >= 15 is 0 Å². The Balaban J connectivity index is 2.93. The van der Waals surface area contributed by atoms with Gasteiger partial charge in [0.05, 0.1) is 17.5 Å². The average molecular weight is 132 g/mol. The van der Waals surface area contributed by atoms with Crippen molar-refractivity contribution in [3.05, 3.63) is 36.4 Å². The molecule has 0 aliphatic carbocycles. The van der Waals surface area contributed by atoms with Gasteiger partial charge in [0.1, 0.15) is 0 Å². The fourth-order valence-electron chi connectivity index (χ4n) is 1.08. The summed E-state index contributed by atoms with van der Waals surface area (Å²) in [7, 11) is 0. The minimum atomic E-state index is 1.08. The first-order chi connectivity index (χ1) is 4.88. The lowest BCUT2D eigenvalue weighted by Crippen LogP contribution is -1.78. The maximum absolute atomic E-state index is 4.16. The van der Waals surface area contributed by atoms with E-state index in [2.05, 4.69) is 11.1 Å². The second-order valence-electron chi connectivity index (χ2n) is 2.32. The molecule has 0 fully saturated rings. The molecule has 0 radical (unpaired) electrons. The Bertz CT molecular complexity index is 349. The number of imidazole rings is 1. The number of aromatic nitrogens is 2. The number of fused-ring (bicyclic) bond motifs is 1. The quantitative estimate of drug-likeness (QED) is 0.532. The summed E-state index contributed by atoms with van der Waals surface area (Å²) in [6.07, 6.45) is 3.82. The molecule has 50 valence electrons. The van der Waals surface area contributed by atoms with Gasteiger partial charge in [-0.1, -0.05) is 6.07 Å². The maximum atomic E-state index is 4.16. The molecule has 2 nitrogen and oxygen atoms in total. The third kappa shape index (κ3) is 0.620. The third-order valence-corrected chi connectivity index (χ3v) is 1.64. The standard InChI is InChI=1S/C8H8N2/c1-7-8-4-2-3-5-10(8)6-9-7/h2-6H,1H3. The SMILES string of the molecule is Cc1ncn2ccccc12. The lowest BCUT2D eigenvalue weighted by molar-refractivity contribution is 1.15. The number of pyridine rings is 1. The van der Waals surface area contributed by atoms with E-state index in [0.29, 0.717) is 0 Å². The summed E-state index contributed by atoms with van der Waals surface area (Å²) in [5.74, 6) is 0. The van der Waals surface area contributed by atoms with Gasteiger partial charge in [0.25, 0.3) is 0 Å². The summed E-state index contributed by atoms with van der Waals surface area (Å²) in [4.78, 5) is 4.16. The summed E-state index contributed by atoms with van der Waals surface area (Å²) in [6.45, 7) is 2.01. The molecule has 0 bridgehead atoms. The van der Waals surface area contributed by atoms with E-state index in [0.717, 1.165) is 5.69 Å². The van der Waals surface area contributed by atoms with Crippen LogP contribution in [0.25, 0.3) is 5.52 Å². The molecular formula is C8H8N2. The van der Waals surface area contributed by atoms with E-state index in [1.165, 1.54) is 5.52 Å². The lowest BCUT2D eigenvalue weighted by atomic mass is 10.3. The van der Waals surface area contributed by atoms with Crippen molar-refractivity contribution in [1.29, 1.82) is 0 Å². The van der Waals surface area contributed by atoms with Gasteiger partial charge in [-0.25, -0.2) is 4.98 Å². The number of rotatable bonds is 0. The Morgan fingerprint density at radius 1 is 1.40 bits per heavy atom. The van der Waals surface area contributed by atoms with Gasteiger partial charge in [0, 0.05) is 6.20 Å². The zero-order valence-electron chi connectivity index (χ0n) is 5.78. The van der Waals surface area contributed by atoms with Crippen molar-refractivity contribution in [3.63, 3.8) is 0 Å². The largest absolute Gasteiger partial charge is 0.306 e. The summed E-state index contributed by atoms with van der Waals surface area (Å²) in [5, 5.41) is 0. The molecule has 0 amide bonds. The molecule has 2 rings (SSSR count). The van der Waals surface area contributed by atoms with Crippen molar-refractivity contribution < 1.29 is 0 Å². The topological polar surface area (TPSA) is 17.3 Å². The van der Waals surface area contributed by atoms with Crippen LogP contribution in [-0.4, -0.2) is 9.38 Å². The van der Waals surface area contributed by atoms with Gasteiger partial charge in [-0.15, -0.1) is 0 Å². The minimum absolute atomic E-state index is 1.08. The monoisotopic (exact) mass is 132 g/mol. The lowest BCUT2D eigenvalue weighted by Gasteiger charge is -1.89. The molecule has 10 heavy (non-hydrogen) atoms. The van der Waals surface area contributed by atoms with Gasteiger partial charge < -0.3 is 4.40 Å². The number of nitrogens with zero attached hydrogens (tertiary/aromatic N) is 2. The highest BCUT2D eigenvalue weighted by molar-refractivity contribution is 5.50. The van der Waals surface area contributed by atoms with E-state index < -0.39 is 0 Å². The highest BCUT2D eigenvalue weighted by Gasteiger charge is 1.94. The van der Waals surface area contributed by atoms with Gasteiger partial charge in [-0.05, 0) is 19.1 Å². The minimum Gasteiger partial charge on any atom is -0.306 e.